The molecule has 0 unspecified atom stereocenters. The van der Waals surface area contributed by atoms with Crippen LogP contribution in [0.25, 0.3) is 11.8 Å². The molecule has 2 heterocycles. The van der Waals surface area contributed by atoms with Crippen LogP contribution in [0.4, 0.5) is 10.5 Å². The summed E-state index contributed by atoms with van der Waals surface area (Å²) in [6, 6.07) is 12.5. The highest BCUT2D eigenvalue weighted by atomic mass is 127. The molecule has 168 valence electrons. The third-order valence-electron chi connectivity index (χ3n) is 5.67. The van der Waals surface area contributed by atoms with Gasteiger partial charge in [-0.15, -0.1) is 0 Å². The van der Waals surface area contributed by atoms with Gasteiger partial charge in [-0.2, -0.15) is 0 Å². The number of nitrogens with one attached hydrogen (secondary N) is 1. The summed E-state index contributed by atoms with van der Waals surface area (Å²) in [5, 5.41) is 2.29. The number of aryl methyl sites for hydroxylation is 3. The molecule has 0 aliphatic carbocycles. The fourth-order valence-electron chi connectivity index (χ4n) is 3.91. The Morgan fingerprint density at radius 2 is 1.58 bits per heavy atom. The van der Waals surface area contributed by atoms with Crippen molar-refractivity contribution in [1.29, 1.82) is 0 Å². The van der Waals surface area contributed by atoms with Gasteiger partial charge in [0.05, 0.1) is 5.69 Å². The number of benzene rings is 2. The molecule has 1 N–H and O–H groups in total. The average molecular weight is 618 g/mol. The second-order valence-corrected chi connectivity index (χ2v) is 10.0. The predicted molar refractivity (Wildman–Crippen MR) is 141 cm³/mol. The lowest BCUT2D eigenvalue weighted by molar-refractivity contribution is -0.122. The lowest BCUT2D eigenvalue weighted by atomic mass is 10.1. The van der Waals surface area contributed by atoms with Crippen LogP contribution in [0.1, 0.15) is 28.1 Å². The molecular formula is C25H21BrIN3O3. The zero-order chi connectivity index (χ0) is 24.0. The van der Waals surface area contributed by atoms with E-state index in [-0.39, 0.29) is 5.57 Å². The Labute approximate surface area is 213 Å². The number of aromatic nitrogens is 1. The van der Waals surface area contributed by atoms with Gasteiger partial charge in [0.15, 0.2) is 0 Å². The minimum absolute atomic E-state index is 0.0887. The molecule has 0 saturated carbocycles. The van der Waals surface area contributed by atoms with Crippen molar-refractivity contribution in [3.63, 3.8) is 0 Å². The van der Waals surface area contributed by atoms with Crippen LogP contribution in [-0.4, -0.2) is 22.4 Å². The van der Waals surface area contributed by atoms with E-state index in [1.807, 2.05) is 32.9 Å². The maximum atomic E-state index is 13.3. The van der Waals surface area contributed by atoms with Crippen LogP contribution in [0.3, 0.4) is 0 Å². The number of anilines is 1. The number of imide groups is 2. The van der Waals surface area contributed by atoms with E-state index in [0.717, 1.165) is 37.6 Å². The predicted octanol–water partition coefficient (Wildman–Crippen LogP) is 5.74. The number of urea groups is 1. The molecule has 1 aliphatic rings. The molecule has 1 fully saturated rings. The Morgan fingerprint density at radius 3 is 2.24 bits per heavy atom. The lowest BCUT2D eigenvalue weighted by Gasteiger charge is -2.26. The highest BCUT2D eigenvalue weighted by molar-refractivity contribution is 14.1. The fourth-order valence-corrected chi connectivity index (χ4v) is 4.50. The van der Waals surface area contributed by atoms with E-state index in [1.54, 1.807) is 24.3 Å². The molecule has 1 aromatic heterocycles. The van der Waals surface area contributed by atoms with E-state index in [4.69, 9.17) is 0 Å². The molecule has 0 bridgehead atoms. The molecule has 6 nitrogen and oxygen atoms in total. The largest absolute Gasteiger partial charge is 0.335 e. The monoisotopic (exact) mass is 617 g/mol. The van der Waals surface area contributed by atoms with Crippen molar-refractivity contribution in [1.82, 2.24) is 9.88 Å². The quantitative estimate of drug-likeness (QED) is 0.231. The van der Waals surface area contributed by atoms with Gasteiger partial charge < -0.3 is 4.57 Å². The van der Waals surface area contributed by atoms with E-state index in [1.165, 1.54) is 9.13 Å². The average Bonchev–Trinajstić information content (AvgIpc) is 3.03. The summed E-state index contributed by atoms with van der Waals surface area (Å²) in [5.41, 5.74) is 5.96. The molecular weight excluding hydrogens is 597 g/mol. The number of nitrogens with zero attached hydrogens (tertiary/aromatic N) is 2. The number of amides is 4. The number of carbonyl (C=O) groups excluding carboxylic acids is 3. The van der Waals surface area contributed by atoms with Crippen molar-refractivity contribution in [3.8, 4) is 5.69 Å². The maximum absolute atomic E-state index is 13.3. The molecule has 4 rings (SSSR count). The number of hydrogen-bond acceptors (Lipinski definition) is 3. The summed E-state index contributed by atoms with van der Waals surface area (Å²) in [6.45, 7) is 7.84. The first kappa shape index (κ1) is 23.4. The topological polar surface area (TPSA) is 71.4 Å². The van der Waals surface area contributed by atoms with Crippen LogP contribution in [0.2, 0.25) is 0 Å². The standard InChI is InChI=1S/C25H21BrIN3O3/c1-13-9-19(5-7-21(13)26)30-24(32)20(23(31)28-25(30)33)12-17-11-15(3)29(16(17)4)18-6-8-22(27)14(2)10-18/h5-12H,1-4H3,(H,28,31,33)/b20-12-. The summed E-state index contributed by atoms with van der Waals surface area (Å²) in [5.74, 6) is -1.36. The van der Waals surface area contributed by atoms with Crippen molar-refractivity contribution in [3.05, 3.63) is 84.2 Å². The number of hydrogen-bond donors (Lipinski definition) is 1. The van der Waals surface area contributed by atoms with Crippen LogP contribution in [0.5, 0.6) is 0 Å². The summed E-state index contributed by atoms with van der Waals surface area (Å²) < 4.78 is 4.13. The zero-order valence-electron chi connectivity index (χ0n) is 18.5. The minimum atomic E-state index is -0.760. The molecule has 1 aliphatic heterocycles. The van der Waals surface area contributed by atoms with E-state index >= 15 is 0 Å². The Hall–Kier alpha value is -2.72. The van der Waals surface area contributed by atoms with Gasteiger partial charge >= 0.3 is 6.03 Å². The number of halogens is 2. The maximum Gasteiger partial charge on any atom is 0.335 e. The Balaban J connectivity index is 1.77. The summed E-state index contributed by atoms with van der Waals surface area (Å²) >= 11 is 5.72. The second kappa shape index (κ2) is 8.90. The normalized spacial score (nSPS) is 15.4. The molecule has 0 atom stereocenters. The summed E-state index contributed by atoms with van der Waals surface area (Å²) in [4.78, 5) is 39.4. The second-order valence-electron chi connectivity index (χ2n) is 7.99. The zero-order valence-corrected chi connectivity index (χ0v) is 22.2. The van der Waals surface area contributed by atoms with Gasteiger partial charge in [-0.05, 0) is 116 Å². The van der Waals surface area contributed by atoms with Gasteiger partial charge in [0.1, 0.15) is 5.57 Å². The first-order valence-electron chi connectivity index (χ1n) is 10.2. The van der Waals surface area contributed by atoms with Crippen molar-refractivity contribution >= 4 is 68.1 Å². The van der Waals surface area contributed by atoms with Crippen molar-refractivity contribution in [2.24, 2.45) is 0 Å². The van der Waals surface area contributed by atoms with Gasteiger partial charge in [-0.3, -0.25) is 14.9 Å². The number of rotatable bonds is 3. The van der Waals surface area contributed by atoms with Gasteiger partial charge in [-0.25, -0.2) is 9.69 Å². The number of carbonyl (C=O) groups is 3. The van der Waals surface area contributed by atoms with Crippen LogP contribution in [-0.2, 0) is 9.59 Å². The summed E-state index contributed by atoms with van der Waals surface area (Å²) in [6.07, 6.45) is 1.56. The first-order valence-corrected chi connectivity index (χ1v) is 12.1. The Morgan fingerprint density at radius 1 is 0.909 bits per heavy atom. The third-order valence-corrected chi connectivity index (χ3v) is 7.77. The smallest absolute Gasteiger partial charge is 0.318 e. The molecule has 0 radical (unpaired) electrons. The molecule has 1 saturated heterocycles. The molecule has 4 amide bonds. The van der Waals surface area contributed by atoms with E-state index in [9.17, 15) is 14.4 Å². The van der Waals surface area contributed by atoms with Crippen LogP contribution >= 0.6 is 38.5 Å². The molecule has 33 heavy (non-hydrogen) atoms. The SMILES string of the molecule is Cc1cc(N2C(=O)NC(=O)/C(=C/c3cc(C)n(-c4ccc(I)c(C)c4)c3C)C2=O)ccc1Br. The fraction of sp³-hybridized carbons (Fsp3) is 0.160. The molecule has 0 spiro atoms. The minimum Gasteiger partial charge on any atom is -0.318 e. The van der Waals surface area contributed by atoms with E-state index < -0.39 is 17.8 Å². The van der Waals surface area contributed by atoms with Crippen molar-refractivity contribution < 1.29 is 14.4 Å². The van der Waals surface area contributed by atoms with Gasteiger partial charge in [-0.1, -0.05) is 15.9 Å². The van der Waals surface area contributed by atoms with E-state index in [2.05, 4.69) is 67.5 Å². The van der Waals surface area contributed by atoms with Crippen LogP contribution < -0.4 is 10.2 Å². The van der Waals surface area contributed by atoms with Gasteiger partial charge in [0.25, 0.3) is 11.8 Å². The Bertz CT molecular complexity index is 1370. The van der Waals surface area contributed by atoms with Crippen molar-refractivity contribution in [2.75, 3.05) is 4.90 Å². The number of barbiturate groups is 1. The van der Waals surface area contributed by atoms with E-state index in [0.29, 0.717) is 5.69 Å². The van der Waals surface area contributed by atoms with Gasteiger partial charge in [0.2, 0.25) is 0 Å². The van der Waals surface area contributed by atoms with Gasteiger partial charge in [0, 0.05) is 25.1 Å². The van der Waals surface area contributed by atoms with Crippen LogP contribution in [0, 0.1) is 31.3 Å². The third kappa shape index (κ3) is 4.29. The molecule has 2 aromatic carbocycles. The molecule has 8 heteroatoms. The van der Waals surface area contributed by atoms with Crippen molar-refractivity contribution in [2.45, 2.75) is 27.7 Å². The summed E-state index contributed by atoms with van der Waals surface area (Å²) in [7, 11) is 0. The molecule has 3 aromatic rings. The first-order chi connectivity index (χ1) is 15.6. The highest BCUT2D eigenvalue weighted by Gasteiger charge is 2.37. The highest BCUT2D eigenvalue weighted by Crippen LogP contribution is 2.28. The van der Waals surface area contributed by atoms with Crippen LogP contribution in [0.15, 0.2) is 52.5 Å². The lowest BCUT2D eigenvalue weighted by Crippen LogP contribution is -2.54. The Kier molecular flexibility index (Phi) is 6.32.